The molecule has 0 spiro atoms. The Balaban J connectivity index is 0.000000659. The van der Waals surface area contributed by atoms with E-state index in [4.69, 9.17) is 9.90 Å². The van der Waals surface area contributed by atoms with Crippen molar-refractivity contribution in [3.8, 4) is 11.4 Å². The van der Waals surface area contributed by atoms with E-state index >= 15 is 0 Å². The van der Waals surface area contributed by atoms with Gasteiger partial charge in [-0.1, -0.05) is 18.2 Å². The maximum absolute atomic E-state index is 8.36. The largest absolute Gasteiger partial charge is 0.483 e. The van der Waals surface area contributed by atoms with E-state index in [1.165, 1.54) is 0 Å². The SMILES string of the molecule is CN1CCN(C)C(Cn2ccnc2-c2cccc3ncccc23)C1.O=CO. The van der Waals surface area contributed by atoms with E-state index in [-0.39, 0.29) is 6.47 Å². The van der Waals surface area contributed by atoms with Crippen LogP contribution in [0.3, 0.4) is 0 Å². The molecule has 7 heteroatoms. The zero-order valence-corrected chi connectivity index (χ0v) is 15.7. The number of rotatable bonds is 3. The number of piperazine rings is 1. The summed E-state index contributed by atoms with van der Waals surface area (Å²) in [5, 5.41) is 8.04. The van der Waals surface area contributed by atoms with Crippen molar-refractivity contribution < 1.29 is 9.90 Å². The van der Waals surface area contributed by atoms with Crippen molar-refractivity contribution in [2.45, 2.75) is 12.6 Å². The number of carboxylic acid groups (broad SMARTS) is 1. The molecule has 27 heavy (non-hydrogen) atoms. The Morgan fingerprint density at radius 3 is 2.78 bits per heavy atom. The summed E-state index contributed by atoms with van der Waals surface area (Å²) in [7, 11) is 4.42. The summed E-state index contributed by atoms with van der Waals surface area (Å²) in [6, 6.07) is 10.9. The molecule has 1 fully saturated rings. The summed E-state index contributed by atoms with van der Waals surface area (Å²) >= 11 is 0. The minimum Gasteiger partial charge on any atom is -0.483 e. The molecule has 0 bridgehead atoms. The molecular formula is C20H25N5O2. The smallest absolute Gasteiger partial charge is 0.290 e. The second-order valence-corrected chi connectivity index (χ2v) is 6.78. The van der Waals surface area contributed by atoms with Crippen LogP contribution in [0.4, 0.5) is 0 Å². The number of pyridine rings is 1. The van der Waals surface area contributed by atoms with Gasteiger partial charge in [0, 0.05) is 61.8 Å². The van der Waals surface area contributed by atoms with Gasteiger partial charge in [-0.3, -0.25) is 14.7 Å². The van der Waals surface area contributed by atoms with Gasteiger partial charge >= 0.3 is 0 Å². The number of benzene rings is 1. The van der Waals surface area contributed by atoms with Crippen LogP contribution in [0.1, 0.15) is 0 Å². The third kappa shape index (κ3) is 4.32. The number of aromatic nitrogens is 3. The highest BCUT2D eigenvalue weighted by Gasteiger charge is 2.23. The third-order valence-corrected chi connectivity index (χ3v) is 4.99. The summed E-state index contributed by atoms with van der Waals surface area (Å²) in [6.45, 7) is 4.04. The quantitative estimate of drug-likeness (QED) is 0.714. The molecule has 3 heterocycles. The Labute approximate surface area is 158 Å². The lowest BCUT2D eigenvalue weighted by Gasteiger charge is -2.38. The predicted octanol–water partition coefficient (Wildman–Crippen LogP) is 2.04. The van der Waals surface area contributed by atoms with Crippen molar-refractivity contribution >= 4 is 17.4 Å². The van der Waals surface area contributed by atoms with Gasteiger partial charge in [0.15, 0.2) is 0 Å². The first kappa shape index (κ1) is 19.0. The van der Waals surface area contributed by atoms with Crippen molar-refractivity contribution in [1.29, 1.82) is 0 Å². The van der Waals surface area contributed by atoms with Crippen LogP contribution in [0.5, 0.6) is 0 Å². The molecule has 1 atom stereocenters. The van der Waals surface area contributed by atoms with E-state index in [0.29, 0.717) is 6.04 Å². The third-order valence-electron chi connectivity index (χ3n) is 4.99. The number of hydrogen-bond donors (Lipinski definition) is 1. The molecule has 0 aliphatic carbocycles. The van der Waals surface area contributed by atoms with Crippen molar-refractivity contribution in [3.63, 3.8) is 0 Å². The molecule has 4 rings (SSSR count). The molecule has 142 valence electrons. The summed E-state index contributed by atoms with van der Waals surface area (Å²) < 4.78 is 2.28. The van der Waals surface area contributed by atoms with Gasteiger partial charge in [-0.2, -0.15) is 0 Å². The molecule has 0 radical (unpaired) electrons. The van der Waals surface area contributed by atoms with Crippen molar-refractivity contribution in [1.82, 2.24) is 24.3 Å². The highest BCUT2D eigenvalue weighted by molar-refractivity contribution is 5.92. The van der Waals surface area contributed by atoms with Gasteiger partial charge in [-0.15, -0.1) is 0 Å². The number of hydrogen-bond acceptors (Lipinski definition) is 5. The number of carbonyl (C=O) groups is 1. The van der Waals surface area contributed by atoms with Gasteiger partial charge < -0.3 is 14.6 Å². The Morgan fingerprint density at radius 2 is 1.96 bits per heavy atom. The highest BCUT2D eigenvalue weighted by Crippen LogP contribution is 2.26. The monoisotopic (exact) mass is 367 g/mol. The molecule has 1 saturated heterocycles. The van der Waals surface area contributed by atoms with Crippen molar-refractivity contribution in [2.75, 3.05) is 33.7 Å². The van der Waals surface area contributed by atoms with Crippen LogP contribution in [-0.4, -0.2) is 75.7 Å². The van der Waals surface area contributed by atoms with Crippen LogP contribution in [-0.2, 0) is 11.3 Å². The normalized spacial score (nSPS) is 18.1. The fourth-order valence-corrected chi connectivity index (χ4v) is 3.52. The zero-order chi connectivity index (χ0) is 19.2. The average Bonchev–Trinajstić information content (AvgIpc) is 3.13. The maximum atomic E-state index is 8.36. The number of nitrogens with zero attached hydrogens (tertiary/aromatic N) is 5. The molecule has 7 nitrogen and oxygen atoms in total. The molecule has 1 N–H and O–H groups in total. The fraction of sp³-hybridized carbons (Fsp3) is 0.350. The number of imidazole rings is 1. The van der Waals surface area contributed by atoms with E-state index in [9.17, 15) is 0 Å². The van der Waals surface area contributed by atoms with Gasteiger partial charge in [0.05, 0.1) is 5.52 Å². The van der Waals surface area contributed by atoms with Crippen LogP contribution in [0.2, 0.25) is 0 Å². The van der Waals surface area contributed by atoms with Gasteiger partial charge in [-0.05, 0) is 26.2 Å². The second kappa shape index (κ2) is 8.75. The van der Waals surface area contributed by atoms with E-state index in [0.717, 1.165) is 48.5 Å². The molecule has 1 aliphatic heterocycles. The first-order valence-corrected chi connectivity index (χ1v) is 8.96. The van der Waals surface area contributed by atoms with Gasteiger partial charge in [0.25, 0.3) is 6.47 Å². The molecule has 3 aromatic rings. The molecule has 1 unspecified atom stereocenters. The molecule has 1 aliphatic rings. The molecule has 0 saturated carbocycles. The maximum Gasteiger partial charge on any atom is 0.290 e. The molecule has 1 aromatic carbocycles. The zero-order valence-electron chi connectivity index (χ0n) is 15.7. The number of likely N-dealkylation sites (N-methyl/N-ethyl adjacent to an activating group) is 2. The van der Waals surface area contributed by atoms with E-state index < -0.39 is 0 Å². The first-order chi connectivity index (χ1) is 13.1. The minimum absolute atomic E-state index is 0.250. The van der Waals surface area contributed by atoms with Crippen LogP contribution in [0.25, 0.3) is 22.3 Å². The lowest BCUT2D eigenvalue weighted by molar-refractivity contribution is -0.122. The summed E-state index contributed by atoms with van der Waals surface area (Å²) in [5.41, 5.74) is 2.16. The van der Waals surface area contributed by atoms with Crippen LogP contribution in [0.15, 0.2) is 48.9 Å². The summed E-state index contributed by atoms with van der Waals surface area (Å²) in [5.74, 6) is 1.02. The van der Waals surface area contributed by atoms with E-state index in [1.807, 2.05) is 18.5 Å². The van der Waals surface area contributed by atoms with E-state index in [1.54, 1.807) is 0 Å². The standard InChI is InChI=1S/C19H23N5.CH2O2/c1-22-11-12-23(2)15(13-22)14-24-10-9-21-19(24)17-5-3-7-18-16(17)6-4-8-20-18;2-1-3/h3-10,15H,11-14H2,1-2H3;1H,(H,2,3). The fourth-order valence-electron chi connectivity index (χ4n) is 3.52. The Bertz CT molecular complexity index is 889. The molecule has 2 aromatic heterocycles. The number of fused-ring (bicyclic) bond motifs is 1. The topological polar surface area (TPSA) is 74.5 Å². The van der Waals surface area contributed by atoms with Crippen LogP contribution >= 0.6 is 0 Å². The van der Waals surface area contributed by atoms with Crippen LogP contribution < -0.4 is 0 Å². The minimum atomic E-state index is -0.250. The van der Waals surface area contributed by atoms with Crippen molar-refractivity contribution in [2.24, 2.45) is 0 Å². The lowest BCUT2D eigenvalue weighted by atomic mass is 10.1. The summed E-state index contributed by atoms with van der Waals surface area (Å²) in [4.78, 5) is 22.3. The Morgan fingerprint density at radius 1 is 1.15 bits per heavy atom. The average molecular weight is 367 g/mol. The summed E-state index contributed by atoms with van der Waals surface area (Å²) in [6.07, 6.45) is 5.83. The van der Waals surface area contributed by atoms with Gasteiger partial charge in [0.2, 0.25) is 0 Å². The second-order valence-electron chi connectivity index (χ2n) is 6.78. The van der Waals surface area contributed by atoms with Gasteiger partial charge in [0.1, 0.15) is 5.82 Å². The molecular weight excluding hydrogens is 342 g/mol. The molecule has 0 amide bonds. The van der Waals surface area contributed by atoms with E-state index in [2.05, 4.69) is 68.9 Å². The van der Waals surface area contributed by atoms with Crippen LogP contribution in [0, 0.1) is 0 Å². The highest BCUT2D eigenvalue weighted by atomic mass is 16.3. The van der Waals surface area contributed by atoms with Crippen molar-refractivity contribution in [3.05, 3.63) is 48.9 Å². The predicted molar refractivity (Wildman–Crippen MR) is 106 cm³/mol. The Hall–Kier alpha value is -2.77. The first-order valence-electron chi connectivity index (χ1n) is 8.96. The Kier molecular flexibility index (Phi) is 6.16. The van der Waals surface area contributed by atoms with Gasteiger partial charge in [-0.25, -0.2) is 4.98 Å². The lowest BCUT2D eigenvalue weighted by Crippen LogP contribution is -2.51.